The monoisotopic (exact) mass is 416 g/mol. The van der Waals surface area contributed by atoms with Crippen molar-refractivity contribution >= 4 is 46.5 Å². The Bertz CT molecular complexity index is 944. The number of benzene rings is 1. The second kappa shape index (κ2) is 9.03. The van der Waals surface area contributed by atoms with Gasteiger partial charge in [-0.15, -0.1) is 0 Å². The molecular formula is C20H19ClN3O3S+. The lowest BCUT2D eigenvalue weighted by atomic mass is 10.2. The highest BCUT2D eigenvalue weighted by Gasteiger charge is 2.34. The maximum absolute atomic E-state index is 12.5. The molecule has 2 aromatic rings. The van der Waals surface area contributed by atoms with Crippen molar-refractivity contribution < 1.29 is 19.0 Å². The van der Waals surface area contributed by atoms with Crippen LogP contribution in [0.5, 0.6) is 0 Å². The van der Waals surface area contributed by atoms with Gasteiger partial charge < -0.3 is 5.32 Å². The van der Waals surface area contributed by atoms with Crippen LogP contribution in [0.15, 0.2) is 53.7 Å². The number of pyridine rings is 1. The number of halogens is 1. The van der Waals surface area contributed by atoms with E-state index in [-0.39, 0.29) is 36.7 Å². The summed E-state index contributed by atoms with van der Waals surface area (Å²) >= 11 is 6.97. The number of imide groups is 1. The highest BCUT2D eigenvalue weighted by Crippen LogP contribution is 2.33. The van der Waals surface area contributed by atoms with E-state index in [1.165, 1.54) is 0 Å². The van der Waals surface area contributed by atoms with Gasteiger partial charge in [0.15, 0.2) is 12.4 Å². The molecule has 1 fully saturated rings. The first kappa shape index (κ1) is 20.1. The molecule has 0 unspecified atom stereocenters. The van der Waals surface area contributed by atoms with Gasteiger partial charge in [-0.05, 0) is 42.0 Å². The smallest absolute Gasteiger partial charge is 0.293 e. The van der Waals surface area contributed by atoms with Crippen molar-refractivity contribution in [2.75, 3.05) is 13.1 Å². The first-order chi connectivity index (χ1) is 13.4. The minimum Gasteiger partial charge on any atom is -0.349 e. The van der Waals surface area contributed by atoms with E-state index in [1.54, 1.807) is 28.8 Å². The van der Waals surface area contributed by atoms with Gasteiger partial charge in [0.05, 0.1) is 4.91 Å². The molecular weight excluding hydrogens is 398 g/mol. The number of hydrogen-bond acceptors (Lipinski definition) is 4. The van der Waals surface area contributed by atoms with Gasteiger partial charge in [0, 0.05) is 30.2 Å². The third kappa shape index (κ3) is 4.99. The van der Waals surface area contributed by atoms with Gasteiger partial charge in [0.2, 0.25) is 6.54 Å². The highest BCUT2D eigenvalue weighted by atomic mass is 35.5. The Kier molecular flexibility index (Phi) is 6.49. The van der Waals surface area contributed by atoms with E-state index in [9.17, 15) is 14.4 Å². The van der Waals surface area contributed by atoms with E-state index in [2.05, 4.69) is 5.32 Å². The number of hydrogen-bond donors (Lipinski definition) is 1. The lowest BCUT2D eigenvalue weighted by Gasteiger charge is -2.12. The van der Waals surface area contributed by atoms with Gasteiger partial charge in [0.1, 0.15) is 0 Å². The Morgan fingerprint density at radius 2 is 1.93 bits per heavy atom. The van der Waals surface area contributed by atoms with Crippen LogP contribution in [0.3, 0.4) is 0 Å². The van der Waals surface area contributed by atoms with Crippen LogP contribution >= 0.6 is 23.4 Å². The first-order valence-corrected chi connectivity index (χ1v) is 9.86. The molecule has 144 valence electrons. The van der Waals surface area contributed by atoms with Crippen molar-refractivity contribution in [3.05, 3.63) is 69.8 Å². The molecule has 2 heterocycles. The molecule has 3 amide bonds. The summed E-state index contributed by atoms with van der Waals surface area (Å²) in [5.74, 6) is -0.565. The molecule has 0 saturated carbocycles. The predicted molar refractivity (Wildman–Crippen MR) is 109 cm³/mol. The molecule has 0 atom stereocenters. The largest absolute Gasteiger partial charge is 0.349 e. The molecule has 1 aromatic heterocycles. The molecule has 3 rings (SSSR count). The molecule has 1 aliphatic rings. The van der Waals surface area contributed by atoms with E-state index >= 15 is 0 Å². The highest BCUT2D eigenvalue weighted by molar-refractivity contribution is 8.18. The Hall–Kier alpha value is -2.64. The van der Waals surface area contributed by atoms with Gasteiger partial charge in [0.25, 0.3) is 17.1 Å². The Morgan fingerprint density at radius 3 is 2.64 bits per heavy atom. The van der Waals surface area contributed by atoms with Crippen LogP contribution in [-0.4, -0.2) is 35.0 Å². The van der Waals surface area contributed by atoms with Gasteiger partial charge in [-0.2, -0.15) is 4.57 Å². The van der Waals surface area contributed by atoms with Crippen LogP contribution < -0.4 is 9.88 Å². The van der Waals surface area contributed by atoms with E-state index in [4.69, 9.17) is 11.6 Å². The third-order valence-corrected chi connectivity index (χ3v) is 5.36. The number of aromatic nitrogens is 1. The number of nitrogens with zero attached hydrogens (tertiary/aromatic N) is 2. The average molecular weight is 417 g/mol. The molecule has 1 aromatic carbocycles. The van der Waals surface area contributed by atoms with E-state index in [0.29, 0.717) is 15.5 Å². The number of thioether (sulfide) groups is 1. The SMILES string of the molecule is Cc1cc[n+](CC(=O)NCCN2C(=O)S/C(=C\c3ccccc3Cl)C2=O)cc1. The van der Waals surface area contributed by atoms with Gasteiger partial charge >= 0.3 is 0 Å². The molecule has 1 aliphatic heterocycles. The molecule has 8 heteroatoms. The van der Waals surface area contributed by atoms with Gasteiger partial charge in [-0.1, -0.05) is 29.8 Å². The minimum absolute atomic E-state index is 0.120. The van der Waals surface area contributed by atoms with Crippen LogP contribution in [0, 0.1) is 6.92 Å². The number of amides is 3. The number of carbonyl (C=O) groups excluding carboxylic acids is 3. The molecule has 0 spiro atoms. The lowest BCUT2D eigenvalue weighted by molar-refractivity contribution is -0.684. The number of aryl methyl sites for hydroxylation is 1. The van der Waals surface area contributed by atoms with Crippen molar-refractivity contribution in [1.82, 2.24) is 10.2 Å². The molecule has 1 saturated heterocycles. The van der Waals surface area contributed by atoms with E-state index in [0.717, 1.165) is 22.2 Å². The van der Waals surface area contributed by atoms with E-state index < -0.39 is 0 Å². The van der Waals surface area contributed by atoms with Gasteiger partial charge in [-0.3, -0.25) is 19.3 Å². The second-order valence-corrected chi connectivity index (χ2v) is 7.65. The fourth-order valence-electron chi connectivity index (χ4n) is 2.59. The molecule has 6 nitrogen and oxygen atoms in total. The fraction of sp³-hybridized carbons (Fsp3) is 0.200. The van der Waals surface area contributed by atoms with Crippen LogP contribution in [0.1, 0.15) is 11.1 Å². The summed E-state index contributed by atoms with van der Waals surface area (Å²) in [7, 11) is 0. The van der Waals surface area contributed by atoms with Crippen LogP contribution in [0.4, 0.5) is 4.79 Å². The van der Waals surface area contributed by atoms with Crippen molar-refractivity contribution in [3.8, 4) is 0 Å². The standard InChI is InChI=1S/C20H18ClN3O3S/c1-14-6-9-23(10-7-14)13-18(25)22-8-11-24-19(26)17(28-20(24)27)12-15-4-2-3-5-16(15)21/h2-7,9-10,12H,8,11,13H2,1H3/p+1/b17-12-. The molecule has 0 radical (unpaired) electrons. The summed E-state index contributed by atoms with van der Waals surface area (Å²) < 4.78 is 1.76. The quantitative estimate of drug-likeness (QED) is 0.580. The maximum Gasteiger partial charge on any atom is 0.293 e. The molecule has 1 N–H and O–H groups in total. The lowest BCUT2D eigenvalue weighted by Crippen LogP contribution is -2.44. The summed E-state index contributed by atoms with van der Waals surface area (Å²) in [6.45, 7) is 2.47. The summed E-state index contributed by atoms with van der Waals surface area (Å²) in [6.07, 6.45) is 5.26. The Morgan fingerprint density at radius 1 is 1.21 bits per heavy atom. The topological polar surface area (TPSA) is 70.4 Å². The number of rotatable bonds is 6. The average Bonchev–Trinajstić information content (AvgIpc) is 2.93. The molecule has 0 aliphatic carbocycles. The zero-order valence-electron chi connectivity index (χ0n) is 15.2. The third-order valence-electron chi connectivity index (χ3n) is 4.11. The normalized spacial score (nSPS) is 15.4. The number of carbonyl (C=O) groups is 3. The Labute approximate surface area is 172 Å². The van der Waals surface area contributed by atoms with Crippen LogP contribution in [-0.2, 0) is 16.1 Å². The van der Waals surface area contributed by atoms with Crippen LogP contribution in [0.2, 0.25) is 5.02 Å². The zero-order valence-corrected chi connectivity index (χ0v) is 16.8. The summed E-state index contributed by atoms with van der Waals surface area (Å²) in [6, 6.07) is 10.9. The van der Waals surface area contributed by atoms with Crippen LogP contribution in [0.25, 0.3) is 6.08 Å². The zero-order chi connectivity index (χ0) is 20.1. The van der Waals surface area contributed by atoms with Gasteiger partial charge in [-0.25, -0.2) is 0 Å². The summed E-state index contributed by atoms with van der Waals surface area (Å²) in [4.78, 5) is 38.1. The van der Waals surface area contributed by atoms with Crippen molar-refractivity contribution in [2.24, 2.45) is 0 Å². The fourth-order valence-corrected chi connectivity index (χ4v) is 3.64. The molecule has 0 bridgehead atoms. The first-order valence-electron chi connectivity index (χ1n) is 8.66. The van der Waals surface area contributed by atoms with Crippen molar-refractivity contribution in [2.45, 2.75) is 13.5 Å². The second-order valence-electron chi connectivity index (χ2n) is 6.25. The van der Waals surface area contributed by atoms with E-state index in [1.807, 2.05) is 37.5 Å². The summed E-state index contributed by atoms with van der Waals surface area (Å²) in [5, 5.41) is 2.89. The minimum atomic E-state index is -0.378. The predicted octanol–water partition coefficient (Wildman–Crippen LogP) is 2.79. The number of nitrogens with one attached hydrogen (secondary N) is 1. The Balaban J connectivity index is 1.54. The summed E-state index contributed by atoms with van der Waals surface area (Å²) in [5.41, 5.74) is 1.79. The van der Waals surface area contributed by atoms with Crippen molar-refractivity contribution in [1.29, 1.82) is 0 Å². The van der Waals surface area contributed by atoms with Crippen molar-refractivity contribution in [3.63, 3.8) is 0 Å². The maximum atomic E-state index is 12.5. The molecule has 28 heavy (non-hydrogen) atoms.